The number of hydrogen-bond donors (Lipinski definition) is 2. The van der Waals surface area contributed by atoms with Gasteiger partial charge in [0.25, 0.3) is 5.91 Å². The van der Waals surface area contributed by atoms with E-state index < -0.39 is 0 Å². The predicted molar refractivity (Wildman–Crippen MR) is 71.0 cm³/mol. The van der Waals surface area contributed by atoms with E-state index in [4.69, 9.17) is 5.73 Å². The van der Waals surface area contributed by atoms with Crippen molar-refractivity contribution in [3.63, 3.8) is 0 Å². The minimum Gasteiger partial charge on any atom is -0.397 e. The van der Waals surface area contributed by atoms with Gasteiger partial charge in [-0.25, -0.2) is 0 Å². The summed E-state index contributed by atoms with van der Waals surface area (Å²) in [6.45, 7) is 1.94. The fourth-order valence-electron chi connectivity index (χ4n) is 1.71. The molecule has 18 heavy (non-hydrogen) atoms. The van der Waals surface area contributed by atoms with Crippen LogP contribution >= 0.6 is 0 Å². The normalized spacial score (nSPS) is 11.8. The molecule has 0 aliphatic rings. The maximum Gasteiger partial charge on any atom is 0.253 e. The fourth-order valence-corrected chi connectivity index (χ4v) is 1.71. The Kier molecular flexibility index (Phi) is 3.57. The van der Waals surface area contributed by atoms with Crippen LogP contribution in [0.3, 0.4) is 0 Å². The molecule has 4 heteroatoms. The second-order valence-electron chi connectivity index (χ2n) is 4.07. The minimum atomic E-state index is -0.189. The number of nitrogens with one attached hydrogen (secondary N) is 1. The third-order valence-corrected chi connectivity index (χ3v) is 2.74. The number of aromatic nitrogens is 1. The summed E-state index contributed by atoms with van der Waals surface area (Å²) >= 11 is 0. The first-order valence-corrected chi connectivity index (χ1v) is 5.74. The summed E-state index contributed by atoms with van der Waals surface area (Å²) in [5, 5.41) is 2.91. The number of hydrogen-bond acceptors (Lipinski definition) is 3. The van der Waals surface area contributed by atoms with Crippen LogP contribution in [0.15, 0.2) is 48.8 Å². The Bertz CT molecular complexity index is 540. The Balaban J connectivity index is 2.11. The zero-order valence-electron chi connectivity index (χ0n) is 10.1. The summed E-state index contributed by atoms with van der Waals surface area (Å²) in [5.41, 5.74) is 7.60. The number of nitrogens with zero attached hydrogens (tertiary/aromatic N) is 1. The van der Waals surface area contributed by atoms with Gasteiger partial charge in [-0.3, -0.25) is 9.78 Å². The maximum atomic E-state index is 12.0. The molecule has 0 fully saturated rings. The van der Waals surface area contributed by atoms with E-state index in [0.29, 0.717) is 11.3 Å². The monoisotopic (exact) mass is 241 g/mol. The maximum absolute atomic E-state index is 12.0. The molecule has 1 heterocycles. The molecule has 0 saturated carbocycles. The van der Waals surface area contributed by atoms with Crippen LogP contribution in [0, 0.1) is 0 Å². The highest BCUT2D eigenvalue weighted by molar-refractivity contribution is 5.99. The van der Waals surface area contributed by atoms with Gasteiger partial charge in [-0.1, -0.05) is 30.3 Å². The van der Waals surface area contributed by atoms with E-state index in [9.17, 15) is 4.79 Å². The molecule has 4 nitrogen and oxygen atoms in total. The predicted octanol–water partition coefficient (Wildman–Crippen LogP) is 2.15. The van der Waals surface area contributed by atoms with Gasteiger partial charge in [0, 0.05) is 6.20 Å². The van der Waals surface area contributed by atoms with Crippen LogP contribution in [0.25, 0.3) is 0 Å². The Labute approximate surface area is 106 Å². The van der Waals surface area contributed by atoms with Crippen molar-refractivity contribution in [2.24, 2.45) is 0 Å². The molecule has 2 rings (SSSR count). The Morgan fingerprint density at radius 2 is 2.00 bits per heavy atom. The van der Waals surface area contributed by atoms with Crippen molar-refractivity contribution in [2.45, 2.75) is 13.0 Å². The zero-order chi connectivity index (χ0) is 13.0. The first kappa shape index (κ1) is 12.1. The highest BCUT2D eigenvalue weighted by Gasteiger charge is 2.13. The Morgan fingerprint density at radius 1 is 1.28 bits per heavy atom. The first-order valence-electron chi connectivity index (χ1n) is 5.74. The van der Waals surface area contributed by atoms with E-state index in [-0.39, 0.29) is 11.9 Å². The SMILES string of the molecule is CC(NC(=O)c1ccncc1N)c1ccccc1. The second-order valence-corrected chi connectivity index (χ2v) is 4.07. The molecule has 92 valence electrons. The summed E-state index contributed by atoms with van der Waals surface area (Å²) in [6, 6.07) is 11.3. The lowest BCUT2D eigenvalue weighted by molar-refractivity contribution is 0.0940. The molecule has 3 N–H and O–H groups in total. The van der Waals surface area contributed by atoms with Crippen molar-refractivity contribution in [1.82, 2.24) is 10.3 Å². The average molecular weight is 241 g/mol. The van der Waals surface area contributed by atoms with Gasteiger partial charge in [0.1, 0.15) is 0 Å². The summed E-state index contributed by atoms with van der Waals surface area (Å²) in [7, 11) is 0. The largest absolute Gasteiger partial charge is 0.397 e. The van der Waals surface area contributed by atoms with Gasteiger partial charge in [-0.15, -0.1) is 0 Å². The number of anilines is 1. The molecule has 0 spiro atoms. The molecule has 0 aliphatic carbocycles. The summed E-state index contributed by atoms with van der Waals surface area (Å²) in [4.78, 5) is 15.9. The van der Waals surface area contributed by atoms with Gasteiger partial charge in [0.2, 0.25) is 0 Å². The third-order valence-electron chi connectivity index (χ3n) is 2.74. The molecule has 0 saturated heterocycles. The quantitative estimate of drug-likeness (QED) is 0.865. The summed E-state index contributed by atoms with van der Waals surface area (Å²) < 4.78 is 0. The molecule has 1 atom stereocenters. The number of nitrogen functional groups attached to an aromatic ring is 1. The van der Waals surface area contributed by atoms with Crippen LogP contribution in [-0.4, -0.2) is 10.9 Å². The fraction of sp³-hybridized carbons (Fsp3) is 0.143. The van der Waals surface area contributed by atoms with E-state index in [1.165, 1.54) is 6.20 Å². The molecule has 0 radical (unpaired) electrons. The van der Waals surface area contributed by atoms with Crippen LogP contribution in [0.2, 0.25) is 0 Å². The summed E-state index contributed by atoms with van der Waals surface area (Å²) in [5.74, 6) is -0.189. The van der Waals surface area contributed by atoms with Crippen LogP contribution in [-0.2, 0) is 0 Å². The molecule has 1 unspecified atom stereocenters. The van der Waals surface area contributed by atoms with Gasteiger partial charge < -0.3 is 11.1 Å². The van der Waals surface area contributed by atoms with Crippen molar-refractivity contribution < 1.29 is 4.79 Å². The Hall–Kier alpha value is -2.36. The second kappa shape index (κ2) is 5.31. The van der Waals surface area contributed by atoms with Gasteiger partial charge in [-0.05, 0) is 18.6 Å². The van der Waals surface area contributed by atoms with Crippen molar-refractivity contribution in [3.05, 3.63) is 59.9 Å². The van der Waals surface area contributed by atoms with E-state index in [1.54, 1.807) is 12.3 Å². The van der Waals surface area contributed by atoms with Crippen LogP contribution < -0.4 is 11.1 Å². The zero-order valence-corrected chi connectivity index (χ0v) is 10.1. The topological polar surface area (TPSA) is 68.0 Å². The smallest absolute Gasteiger partial charge is 0.253 e. The van der Waals surface area contributed by atoms with Crippen LogP contribution in [0.5, 0.6) is 0 Å². The molecule has 0 aliphatic heterocycles. The lowest BCUT2D eigenvalue weighted by Crippen LogP contribution is -2.27. The molecule has 0 bridgehead atoms. The van der Waals surface area contributed by atoms with Gasteiger partial charge in [-0.2, -0.15) is 0 Å². The summed E-state index contributed by atoms with van der Waals surface area (Å²) in [6.07, 6.45) is 3.03. The van der Waals surface area contributed by atoms with Crippen molar-refractivity contribution in [1.29, 1.82) is 0 Å². The number of carbonyl (C=O) groups is 1. The lowest BCUT2D eigenvalue weighted by atomic mass is 10.1. The Morgan fingerprint density at radius 3 is 2.67 bits per heavy atom. The number of amides is 1. The number of nitrogens with two attached hydrogens (primary N) is 1. The van der Waals surface area contributed by atoms with Crippen molar-refractivity contribution in [3.8, 4) is 0 Å². The molecule has 1 aromatic heterocycles. The number of rotatable bonds is 3. The third kappa shape index (κ3) is 2.66. The van der Waals surface area contributed by atoms with Gasteiger partial charge in [0.05, 0.1) is 23.5 Å². The first-order chi connectivity index (χ1) is 8.68. The highest BCUT2D eigenvalue weighted by Crippen LogP contribution is 2.14. The standard InChI is InChI=1S/C14H15N3O/c1-10(11-5-3-2-4-6-11)17-14(18)12-7-8-16-9-13(12)15/h2-10H,15H2,1H3,(H,17,18). The van der Waals surface area contributed by atoms with Crippen molar-refractivity contribution >= 4 is 11.6 Å². The minimum absolute atomic E-state index is 0.0636. The van der Waals surface area contributed by atoms with E-state index >= 15 is 0 Å². The number of pyridine rings is 1. The van der Waals surface area contributed by atoms with Crippen LogP contribution in [0.4, 0.5) is 5.69 Å². The van der Waals surface area contributed by atoms with E-state index in [2.05, 4.69) is 10.3 Å². The average Bonchev–Trinajstić information content (AvgIpc) is 2.40. The lowest BCUT2D eigenvalue weighted by Gasteiger charge is -2.14. The van der Waals surface area contributed by atoms with E-state index in [0.717, 1.165) is 5.56 Å². The molecular weight excluding hydrogens is 226 g/mol. The molecule has 1 amide bonds. The van der Waals surface area contributed by atoms with Gasteiger partial charge in [0.15, 0.2) is 0 Å². The molecule has 1 aromatic carbocycles. The number of carbonyl (C=O) groups excluding carboxylic acids is 1. The van der Waals surface area contributed by atoms with Crippen molar-refractivity contribution in [2.75, 3.05) is 5.73 Å². The molecule has 2 aromatic rings. The van der Waals surface area contributed by atoms with Crippen LogP contribution in [0.1, 0.15) is 28.9 Å². The number of benzene rings is 1. The van der Waals surface area contributed by atoms with Gasteiger partial charge >= 0.3 is 0 Å². The highest BCUT2D eigenvalue weighted by atomic mass is 16.1. The van der Waals surface area contributed by atoms with E-state index in [1.807, 2.05) is 37.3 Å². The molecular formula is C14H15N3O.